The van der Waals surface area contributed by atoms with Gasteiger partial charge in [-0.15, -0.1) is 22.7 Å². The Hall–Kier alpha value is -4.57. The van der Waals surface area contributed by atoms with Crippen molar-refractivity contribution in [2.24, 2.45) is 0 Å². The second-order valence-corrected chi connectivity index (χ2v) is 17.2. The summed E-state index contributed by atoms with van der Waals surface area (Å²) >= 11 is 9.01. The highest BCUT2D eigenvalue weighted by atomic mass is 35.5. The van der Waals surface area contributed by atoms with Gasteiger partial charge in [-0.05, 0) is 51.8 Å². The van der Waals surface area contributed by atoms with Crippen LogP contribution in [0.2, 0.25) is 5.02 Å². The Morgan fingerprint density at radius 3 is 2.77 bits per heavy atom. The van der Waals surface area contributed by atoms with Crippen LogP contribution >= 0.6 is 34.3 Å². The SMILES string of the molecule is CC(C)(C)OC(=O)Nc1sc2c(F)ccc(-c3c(Cl)c4c5c(nc(OC[C@@]67CCCN6C[C@H](F)C7)nc5c3F)N(CC(F)F)C(c3cncs3)CO4)c2c1C#N. The van der Waals surface area contributed by atoms with E-state index < -0.39 is 59.6 Å². The molecule has 11 nitrogen and oxygen atoms in total. The summed E-state index contributed by atoms with van der Waals surface area (Å²) in [6.45, 7) is 4.75. The number of nitrogens with one attached hydrogen (secondary N) is 1. The van der Waals surface area contributed by atoms with Gasteiger partial charge in [0.1, 0.15) is 59.3 Å². The van der Waals surface area contributed by atoms with Crippen LogP contribution in [0.1, 0.15) is 56.5 Å². The van der Waals surface area contributed by atoms with Gasteiger partial charge in [-0.1, -0.05) is 17.7 Å². The molecule has 2 fully saturated rings. The van der Waals surface area contributed by atoms with Gasteiger partial charge in [0.15, 0.2) is 11.6 Å². The number of carbonyl (C=O) groups excluding carboxylic acids is 1. The van der Waals surface area contributed by atoms with Gasteiger partial charge < -0.3 is 19.1 Å². The highest BCUT2D eigenvalue weighted by Gasteiger charge is 2.49. The lowest BCUT2D eigenvalue weighted by atomic mass is 9.95. The van der Waals surface area contributed by atoms with Crippen LogP contribution in [0.4, 0.5) is 37.6 Å². The van der Waals surface area contributed by atoms with E-state index in [-0.39, 0.29) is 85.9 Å². The number of hydrogen-bond donors (Lipinski definition) is 1. The van der Waals surface area contributed by atoms with Crippen molar-refractivity contribution in [3.8, 4) is 29.0 Å². The van der Waals surface area contributed by atoms with Crippen LogP contribution in [0.15, 0.2) is 23.8 Å². The molecule has 1 N–H and O–H groups in total. The van der Waals surface area contributed by atoms with Gasteiger partial charge in [0.2, 0.25) is 0 Å². The molecule has 1 amide bonds. The maximum absolute atomic E-state index is 17.5. The summed E-state index contributed by atoms with van der Waals surface area (Å²) in [6.07, 6.45) is -1.62. The van der Waals surface area contributed by atoms with E-state index in [9.17, 15) is 23.2 Å². The van der Waals surface area contributed by atoms with Crippen molar-refractivity contribution in [3.63, 3.8) is 0 Å². The third-order valence-corrected chi connectivity index (χ3v) is 12.5. The minimum Gasteiger partial charge on any atom is -0.489 e. The highest BCUT2D eigenvalue weighted by molar-refractivity contribution is 7.23. The van der Waals surface area contributed by atoms with E-state index in [0.717, 1.165) is 23.8 Å². The van der Waals surface area contributed by atoms with Crippen LogP contribution in [-0.2, 0) is 4.74 Å². The fourth-order valence-electron chi connectivity index (χ4n) is 7.89. The predicted octanol–water partition coefficient (Wildman–Crippen LogP) is 9.28. The molecule has 3 aliphatic heterocycles. The molecular weight excluding hydrogens is 801 g/mol. The summed E-state index contributed by atoms with van der Waals surface area (Å²) in [7, 11) is 0. The lowest BCUT2D eigenvalue weighted by Gasteiger charge is -2.32. The smallest absolute Gasteiger partial charge is 0.412 e. The topological polar surface area (TPSA) is 126 Å². The van der Waals surface area contributed by atoms with Crippen molar-refractivity contribution in [2.75, 3.05) is 43.1 Å². The number of thiophene rings is 1. The van der Waals surface area contributed by atoms with Crippen LogP contribution in [0, 0.1) is 23.0 Å². The molecular formula is C37H33ClF5N7O4S2. The minimum absolute atomic E-state index is 0.0357. The molecule has 19 heteroatoms. The first-order chi connectivity index (χ1) is 26.7. The number of rotatable bonds is 8. The maximum atomic E-state index is 17.5. The van der Waals surface area contributed by atoms with Crippen molar-refractivity contribution in [3.05, 3.63) is 50.9 Å². The molecule has 2 saturated heterocycles. The van der Waals surface area contributed by atoms with Crippen molar-refractivity contribution >= 4 is 72.2 Å². The number of nitriles is 1. The maximum Gasteiger partial charge on any atom is 0.412 e. The van der Waals surface area contributed by atoms with Crippen LogP contribution in [0.25, 0.3) is 32.1 Å². The molecule has 5 aromatic rings. The molecule has 56 heavy (non-hydrogen) atoms. The number of thiazole rings is 1. The largest absolute Gasteiger partial charge is 0.489 e. The van der Waals surface area contributed by atoms with Gasteiger partial charge in [0, 0.05) is 30.1 Å². The standard InChI is InChI=1S/C37H33ClF5N7O4S2/c1-36(2,3)54-35(51)48-33-19(10-44)24-18(5-6-20(40)31(24)56-33)25-27(38)30-26-29(28(25)43)46-34(53-15-37-7-4-8-49(37)12-17(39)9-37)47-32(26)50(13-23(41)42)21(14-52-30)22-11-45-16-55-22/h5-6,11,16-17,21,23H,4,7-9,12-15H2,1-3H3,(H,48,51)/t17-,21?,37+/m1/s1. The van der Waals surface area contributed by atoms with Crippen molar-refractivity contribution in [1.29, 1.82) is 5.26 Å². The number of nitrogens with zero attached hydrogens (tertiary/aromatic N) is 6. The van der Waals surface area contributed by atoms with Crippen LogP contribution in [0.5, 0.6) is 11.8 Å². The fourth-order valence-corrected chi connectivity index (χ4v) is 10.0. The molecule has 0 aliphatic carbocycles. The lowest BCUT2D eigenvalue weighted by molar-refractivity contribution is 0.0636. The van der Waals surface area contributed by atoms with Crippen molar-refractivity contribution in [2.45, 2.75) is 69.8 Å². The zero-order valence-corrected chi connectivity index (χ0v) is 32.5. The zero-order chi connectivity index (χ0) is 39.7. The normalized spacial score (nSPS) is 21.0. The summed E-state index contributed by atoms with van der Waals surface area (Å²) < 4.78 is 94.2. The molecule has 0 saturated carbocycles. The third-order valence-electron chi connectivity index (χ3n) is 10.1. The van der Waals surface area contributed by atoms with Gasteiger partial charge in [0.25, 0.3) is 6.43 Å². The summed E-state index contributed by atoms with van der Waals surface area (Å²) in [5.41, 5.74) is -0.951. The first-order valence-corrected chi connectivity index (χ1v) is 19.7. The van der Waals surface area contributed by atoms with E-state index in [1.54, 1.807) is 20.8 Å². The predicted molar refractivity (Wildman–Crippen MR) is 202 cm³/mol. The molecule has 0 bridgehead atoms. The summed E-state index contributed by atoms with van der Waals surface area (Å²) in [5.74, 6) is -2.09. The number of hydrogen-bond acceptors (Lipinski definition) is 12. The van der Waals surface area contributed by atoms with Gasteiger partial charge in [-0.25, -0.2) is 26.7 Å². The number of halogens is 6. The Kier molecular flexibility index (Phi) is 9.87. The number of amides is 1. The fraction of sp³-hybridized carbons (Fsp3) is 0.432. The molecule has 0 spiro atoms. The average Bonchev–Trinajstić information content (AvgIpc) is 3.90. The average molecular weight is 834 g/mol. The third kappa shape index (κ3) is 6.71. The van der Waals surface area contributed by atoms with Crippen LogP contribution in [-0.4, -0.2) is 82.5 Å². The van der Waals surface area contributed by atoms with E-state index >= 15 is 8.78 Å². The monoisotopic (exact) mass is 833 g/mol. The van der Waals surface area contributed by atoms with E-state index in [0.29, 0.717) is 17.8 Å². The molecule has 3 atom stereocenters. The number of fused-ring (bicyclic) bond motifs is 2. The first kappa shape index (κ1) is 38.3. The number of aromatic nitrogens is 3. The highest BCUT2D eigenvalue weighted by Crippen LogP contribution is 2.52. The number of ether oxygens (including phenoxy) is 3. The number of carbonyl (C=O) groups is 1. The van der Waals surface area contributed by atoms with Gasteiger partial charge in [-0.2, -0.15) is 15.2 Å². The van der Waals surface area contributed by atoms with E-state index in [2.05, 4.69) is 20.3 Å². The van der Waals surface area contributed by atoms with Gasteiger partial charge in [0.05, 0.1) is 43.1 Å². The quantitative estimate of drug-likeness (QED) is 0.151. The number of alkyl halides is 3. The lowest BCUT2D eigenvalue weighted by Crippen LogP contribution is -2.43. The van der Waals surface area contributed by atoms with Gasteiger partial charge in [-0.3, -0.25) is 15.2 Å². The zero-order valence-electron chi connectivity index (χ0n) is 30.1. The van der Waals surface area contributed by atoms with E-state index in [4.69, 9.17) is 25.8 Å². The van der Waals surface area contributed by atoms with E-state index in [1.807, 2.05) is 11.0 Å². The number of anilines is 2. The van der Waals surface area contributed by atoms with Crippen LogP contribution in [0.3, 0.4) is 0 Å². The molecule has 1 unspecified atom stereocenters. The summed E-state index contributed by atoms with van der Waals surface area (Å²) in [5, 5.41) is 12.3. The Morgan fingerprint density at radius 2 is 2.05 bits per heavy atom. The molecule has 0 radical (unpaired) electrons. The minimum atomic E-state index is -2.87. The number of benzene rings is 2. The van der Waals surface area contributed by atoms with Crippen LogP contribution < -0.4 is 19.7 Å². The van der Waals surface area contributed by atoms with Crippen molar-refractivity contribution in [1.82, 2.24) is 19.9 Å². The Morgan fingerprint density at radius 1 is 1.25 bits per heavy atom. The molecule has 3 aromatic heterocycles. The Labute approximate surface area is 329 Å². The second kappa shape index (κ2) is 14.4. The molecule has 3 aliphatic rings. The molecule has 8 rings (SSSR count). The van der Waals surface area contributed by atoms with Crippen molar-refractivity contribution < 1.29 is 41.0 Å². The Balaban J connectivity index is 1.34. The Bertz CT molecular complexity index is 2410. The summed E-state index contributed by atoms with van der Waals surface area (Å²) in [4.78, 5) is 29.8. The second-order valence-electron chi connectivity index (χ2n) is 14.9. The first-order valence-electron chi connectivity index (χ1n) is 17.6. The molecule has 6 heterocycles. The molecule has 294 valence electrons. The molecule has 2 aromatic carbocycles. The summed E-state index contributed by atoms with van der Waals surface area (Å²) in [6, 6.07) is 3.08. The van der Waals surface area contributed by atoms with Gasteiger partial charge >= 0.3 is 12.1 Å². The van der Waals surface area contributed by atoms with E-state index in [1.165, 1.54) is 34.0 Å².